The number of carbonyl (C=O) groups is 1. The molecule has 0 radical (unpaired) electrons. The number of para-hydroxylation sites is 2. The van der Waals surface area contributed by atoms with Crippen LogP contribution in [0.25, 0.3) is 10.9 Å². The number of nitrogens with zero attached hydrogens (tertiary/aromatic N) is 1. The molecule has 1 heterocycles. The fourth-order valence-corrected chi connectivity index (χ4v) is 5.10. The monoisotopic (exact) mass is 463 g/mol. The van der Waals surface area contributed by atoms with Crippen molar-refractivity contribution in [2.75, 3.05) is 11.9 Å². The van der Waals surface area contributed by atoms with Crippen LogP contribution in [0.1, 0.15) is 58.9 Å². The third-order valence-electron chi connectivity index (χ3n) is 6.57. The molecular weight excluding hydrogens is 426 g/mol. The highest BCUT2D eigenvalue weighted by molar-refractivity contribution is 5.93. The van der Waals surface area contributed by atoms with E-state index >= 15 is 0 Å². The number of aromatic nitrogens is 1. The van der Waals surface area contributed by atoms with E-state index < -0.39 is 0 Å². The van der Waals surface area contributed by atoms with E-state index in [1.807, 2.05) is 45.9 Å². The van der Waals surface area contributed by atoms with Gasteiger partial charge < -0.3 is 24.7 Å². The molecule has 0 atom stereocenters. The summed E-state index contributed by atoms with van der Waals surface area (Å²) in [6.07, 6.45) is 6.67. The Kier molecular flexibility index (Phi) is 7.05. The number of nitrogens with one attached hydrogen (secondary N) is 2. The van der Waals surface area contributed by atoms with Crippen LogP contribution in [0.3, 0.4) is 0 Å². The first kappa shape index (κ1) is 24.0. The van der Waals surface area contributed by atoms with Crippen LogP contribution in [0.4, 0.5) is 10.5 Å². The maximum atomic E-state index is 13.1. The third-order valence-corrected chi connectivity index (χ3v) is 6.57. The van der Waals surface area contributed by atoms with Crippen LogP contribution in [0.5, 0.6) is 11.5 Å². The highest BCUT2D eigenvalue weighted by atomic mass is 16.5. The summed E-state index contributed by atoms with van der Waals surface area (Å²) in [4.78, 5) is 13.1. The van der Waals surface area contributed by atoms with E-state index in [1.54, 1.807) is 0 Å². The predicted molar refractivity (Wildman–Crippen MR) is 138 cm³/mol. The number of rotatable bonds is 8. The Hall–Kier alpha value is -3.15. The van der Waals surface area contributed by atoms with Gasteiger partial charge in [-0.15, -0.1) is 0 Å². The molecule has 4 rings (SSSR count). The first-order chi connectivity index (χ1) is 16.3. The number of hydrogen-bond donors (Lipinski definition) is 2. The SMILES string of the molecule is CC(C)Oc1cccc(OC(C)C)c1NC(=O)NCC1(c2cn(C)c3ccccc23)CCCC1. The number of benzene rings is 2. The molecule has 0 bridgehead atoms. The topological polar surface area (TPSA) is 64.5 Å². The molecular formula is C28H37N3O3. The Balaban J connectivity index is 1.56. The Bertz CT molecular complexity index is 1110. The number of hydrogen-bond acceptors (Lipinski definition) is 3. The zero-order chi connectivity index (χ0) is 24.3. The molecule has 0 unspecified atom stereocenters. The van der Waals surface area contributed by atoms with Crippen LogP contribution < -0.4 is 20.1 Å². The third kappa shape index (κ3) is 5.01. The van der Waals surface area contributed by atoms with Crippen LogP contribution in [-0.4, -0.2) is 29.4 Å². The summed E-state index contributed by atoms with van der Waals surface area (Å²) in [6.45, 7) is 8.45. The van der Waals surface area contributed by atoms with Gasteiger partial charge in [0.2, 0.25) is 0 Å². The summed E-state index contributed by atoms with van der Waals surface area (Å²) < 4.78 is 14.1. The lowest BCUT2D eigenvalue weighted by atomic mass is 9.78. The van der Waals surface area contributed by atoms with Crippen molar-refractivity contribution in [3.63, 3.8) is 0 Å². The number of anilines is 1. The van der Waals surface area contributed by atoms with Crippen molar-refractivity contribution in [3.05, 3.63) is 54.2 Å². The van der Waals surface area contributed by atoms with Crippen molar-refractivity contribution in [2.45, 2.75) is 71.0 Å². The van der Waals surface area contributed by atoms with Crippen LogP contribution in [0, 0.1) is 0 Å². The first-order valence-electron chi connectivity index (χ1n) is 12.3. The molecule has 0 saturated heterocycles. The molecule has 2 aromatic carbocycles. The van der Waals surface area contributed by atoms with Gasteiger partial charge in [-0.05, 0) is 64.3 Å². The highest BCUT2D eigenvalue weighted by Crippen LogP contribution is 2.44. The molecule has 1 saturated carbocycles. The number of carbonyl (C=O) groups excluding carboxylic acids is 1. The van der Waals surface area contributed by atoms with Gasteiger partial charge in [0.25, 0.3) is 0 Å². The normalized spacial score (nSPS) is 15.1. The average Bonchev–Trinajstić information content (AvgIpc) is 3.40. The van der Waals surface area contributed by atoms with Gasteiger partial charge in [0, 0.05) is 36.1 Å². The second-order valence-electron chi connectivity index (χ2n) is 9.93. The molecule has 34 heavy (non-hydrogen) atoms. The lowest BCUT2D eigenvalue weighted by molar-refractivity contribution is 0.229. The molecule has 6 heteroatoms. The second kappa shape index (κ2) is 10.00. The van der Waals surface area contributed by atoms with E-state index in [2.05, 4.69) is 52.7 Å². The van der Waals surface area contributed by atoms with Gasteiger partial charge >= 0.3 is 6.03 Å². The number of ether oxygens (including phenoxy) is 2. The summed E-state index contributed by atoms with van der Waals surface area (Å²) >= 11 is 0. The minimum Gasteiger partial charge on any atom is -0.489 e. The lowest BCUT2D eigenvalue weighted by Gasteiger charge is -2.29. The maximum absolute atomic E-state index is 13.1. The van der Waals surface area contributed by atoms with Crippen molar-refractivity contribution in [3.8, 4) is 11.5 Å². The van der Waals surface area contributed by atoms with Crippen molar-refractivity contribution in [1.29, 1.82) is 0 Å². The van der Waals surface area contributed by atoms with Crippen molar-refractivity contribution < 1.29 is 14.3 Å². The summed E-state index contributed by atoms with van der Waals surface area (Å²) in [5, 5.41) is 7.47. The van der Waals surface area contributed by atoms with Crippen LogP contribution in [-0.2, 0) is 12.5 Å². The number of fused-ring (bicyclic) bond motifs is 1. The van der Waals surface area contributed by atoms with Crippen LogP contribution in [0.15, 0.2) is 48.7 Å². The van der Waals surface area contributed by atoms with E-state index in [0.29, 0.717) is 23.7 Å². The number of amides is 2. The molecule has 1 fully saturated rings. The smallest absolute Gasteiger partial charge is 0.319 e. The lowest BCUT2D eigenvalue weighted by Crippen LogP contribution is -2.41. The van der Waals surface area contributed by atoms with Crippen LogP contribution >= 0.6 is 0 Å². The summed E-state index contributed by atoms with van der Waals surface area (Å²) in [7, 11) is 2.09. The van der Waals surface area contributed by atoms with E-state index in [0.717, 1.165) is 12.8 Å². The Morgan fingerprint density at radius 2 is 1.59 bits per heavy atom. The zero-order valence-electron chi connectivity index (χ0n) is 21.0. The largest absolute Gasteiger partial charge is 0.489 e. The van der Waals surface area contributed by atoms with Crippen molar-refractivity contribution >= 4 is 22.6 Å². The fourth-order valence-electron chi connectivity index (χ4n) is 5.10. The Morgan fingerprint density at radius 1 is 0.971 bits per heavy atom. The average molecular weight is 464 g/mol. The second-order valence-corrected chi connectivity index (χ2v) is 9.93. The quantitative estimate of drug-likeness (QED) is 0.407. The number of aryl methyl sites for hydroxylation is 1. The molecule has 0 spiro atoms. The van der Waals surface area contributed by atoms with Gasteiger partial charge in [-0.1, -0.05) is 37.1 Å². The predicted octanol–water partition coefficient (Wildman–Crippen LogP) is 6.39. The van der Waals surface area contributed by atoms with E-state index in [4.69, 9.17) is 9.47 Å². The molecule has 1 aliphatic rings. The highest BCUT2D eigenvalue weighted by Gasteiger charge is 2.38. The Labute approximate surface area is 202 Å². The number of urea groups is 1. The molecule has 3 aromatic rings. The maximum Gasteiger partial charge on any atom is 0.319 e. The molecule has 1 aliphatic carbocycles. The molecule has 2 N–H and O–H groups in total. The van der Waals surface area contributed by atoms with Gasteiger partial charge in [0.05, 0.1) is 12.2 Å². The van der Waals surface area contributed by atoms with Gasteiger partial charge in [-0.2, -0.15) is 0 Å². The van der Waals surface area contributed by atoms with Crippen LogP contribution in [0.2, 0.25) is 0 Å². The van der Waals surface area contributed by atoms with Gasteiger partial charge in [0.1, 0.15) is 17.2 Å². The van der Waals surface area contributed by atoms with Crippen molar-refractivity contribution in [2.24, 2.45) is 7.05 Å². The van der Waals surface area contributed by atoms with Gasteiger partial charge in [0.15, 0.2) is 0 Å². The van der Waals surface area contributed by atoms with E-state index in [1.165, 1.54) is 29.3 Å². The fraction of sp³-hybridized carbons (Fsp3) is 0.464. The molecule has 182 valence electrons. The molecule has 6 nitrogen and oxygen atoms in total. The Morgan fingerprint density at radius 3 is 2.21 bits per heavy atom. The summed E-state index contributed by atoms with van der Waals surface area (Å²) in [5.74, 6) is 1.21. The standard InChI is InChI=1S/C28H37N3O3/c1-19(2)33-24-13-10-14-25(34-20(3)4)26(24)30-27(32)29-18-28(15-8-9-16-28)22-17-31(5)23-12-7-6-11-21(22)23/h6-7,10-14,17,19-20H,8-9,15-16,18H2,1-5H3,(H2,29,30,32). The van der Waals surface area contributed by atoms with Gasteiger partial charge in [-0.25, -0.2) is 4.79 Å². The first-order valence-corrected chi connectivity index (χ1v) is 12.3. The molecule has 0 aliphatic heterocycles. The summed E-state index contributed by atoms with van der Waals surface area (Å²) in [5.41, 5.74) is 3.05. The summed E-state index contributed by atoms with van der Waals surface area (Å²) in [6, 6.07) is 13.9. The minimum absolute atomic E-state index is 0.0222. The van der Waals surface area contributed by atoms with Crippen molar-refractivity contribution in [1.82, 2.24) is 9.88 Å². The molecule has 1 aromatic heterocycles. The molecule has 2 amide bonds. The van der Waals surface area contributed by atoms with Gasteiger partial charge in [-0.3, -0.25) is 0 Å². The zero-order valence-corrected chi connectivity index (χ0v) is 21.0. The van der Waals surface area contributed by atoms with E-state index in [9.17, 15) is 4.79 Å². The van der Waals surface area contributed by atoms with E-state index in [-0.39, 0.29) is 23.7 Å². The minimum atomic E-state index is -0.250.